The smallest absolute Gasteiger partial charge is 0.171 e. The number of hydrogen-bond donors (Lipinski definition) is 2. The Hall–Kier alpha value is -1.58. The van der Waals surface area contributed by atoms with Gasteiger partial charge in [-0.05, 0) is 67.2 Å². The van der Waals surface area contributed by atoms with Crippen molar-refractivity contribution in [1.82, 2.24) is 5.32 Å². The first-order chi connectivity index (χ1) is 11.4. The summed E-state index contributed by atoms with van der Waals surface area (Å²) in [7, 11) is 0. The Morgan fingerprint density at radius 2 is 1.71 bits per heavy atom. The Bertz CT molecular complexity index is 697. The normalized spacial score (nSPS) is 13.2. The molecule has 0 spiro atoms. The molecule has 2 aromatic rings. The number of thiocarbonyl (C=S) groups is 1. The van der Waals surface area contributed by atoms with Gasteiger partial charge in [0.1, 0.15) is 0 Å². The van der Waals surface area contributed by atoms with Crippen molar-refractivity contribution in [3.05, 3.63) is 64.2 Å². The number of benzene rings is 2. The van der Waals surface area contributed by atoms with Crippen LogP contribution in [0.1, 0.15) is 55.8 Å². The van der Waals surface area contributed by atoms with Crippen molar-refractivity contribution in [2.45, 2.75) is 46.1 Å². The Balaban J connectivity index is 1.99. The zero-order chi connectivity index (χ0) is 17.7. The molecular formula is C20H25ClN2S. The lowest BCUT2D eigenvalue weighted by Gasteiger charge is -2.19. The Morgan fingerprint density at radius 1 is 1.08 bits per heavy atom. The highest BCUT2D eigenvalue weighted by Crippen LogP contribution is 2.24. The molecule has 0 amide bonds. The summed E-state index contributed by atoms with van der Waals surface area (Å²) in [6.45, 7) is 8.55. The van der Waals surface area contributed by atoms with Crippen LogP contribution in [0.5, 0.6) is 0 Å². The third kappa shape index (κ3) is 4.71. The summed E-state index contributed by atoms with van der Waals surface area (Å²) in [5, 5.41) is 7.89. The summed E-state index contributed by atoms with van der Waals surface area (Å²) in [4.78, 5) is 0. The van der Waals surface area contributed by atoms with Crippen LogP contribution in [0.2, 0.25) is 5.02 Å². The van der Waals surface area contributed by atoms with Crippen LogP contribution in [-0.2, 0) is 0 Å². The molecule has 2 atom stereocenters. The molecule has 0 aliphatic rings. The lowest BCUT2D eigenvalue weighted by Crippen LogP contribution is -2.31. The van der Waals surface area contributed by atoms with Gasteiger partial charge in [-0.2, -0.15) is 0 Å². The van der Waals surface area contributed by atoms with E-state index in [-0.39, 0.29) is 6.04 Å². The summed E-state index contributed by atoms with van der Waals surface area (Å²) in [6, 6.07) is 14.7. The maximum Gasteiger partial charge on any atom is 0.171 e. The van der Waals surface area contributed by atoms with Gasteiger partial charge >= 0.3 is 0 Å². The van der Waals surface area contributed by atoms with Crippen LogP contribution in [-0.4, -0.2) is 5.11 Å². The molecule has 0 fully saturated rings. The SMILES string of the molecule is CCC(C)c1ccc(C(C)NC(=S)Nc2cccc(Cl)c2C)cc1. The van der Waals surface area contributed by atoms with Gasteiger partial charge in [-0.1, -0.05) is 55.8 Å². The molecule has 2 nitrogen and oxygen atoms in total. The lowest BCUT2D eigenvalue weighted by atomic mass is 9.96. The van der Waals surface area contributed by atoms with Gasteiger partial charge in [-0.15, -0.1) is 0 Å². The summed E-state index contributed by atoms with van der Waals surface area (Å²) in [5.41, 5.74) is 4.52. The second kappa shape index (κ2) is 8.50. The minimum Gasteiger partial charge on any atom is -0.356 e. The maximum absolute atomic E-state index is 6.15. The van der Waals surface area contributed by atoms with Crippen molar-refractivity contribution in [2.24, 2.45) is 0 Å². The van der Waals surface area contributed by atoms with Crippen LogP contribution in [0.3, 0.4) is 0 Å². The maximum atomic E-state index is 6.15. The average molecular weight is 361 g/mol. The second-order valence-electron chi connectivity index (χ2n) is 6.21. The molecule has 0 heterocycles. The van der Waals surface area contributed by atoms with Crippen LogP contribution in [0.15, 0.2) is 42.5 Å². The quantitative estimate of drug-likeness (QED) is 0.620. The standard InChI is InChI=1S/C20H25ClN2S/c1-5-13(2)16-9-11-17(12-10-16)15(4)22-20(24)23-19-8-6-7-18(21)14(19)3/h6-13,15H,5H2,1-4H3,(H2,22,23,24). The molecule has 2 rings (SSSR count). The van der Waals surface area contributed by atoms with Gasteiger partial charge < -0.3 is 10.6 Å². The number of hydrogen-bond acceptors (Lipinski definition) is 1. The summed E-state index contributed by atoms with van der Waals surface area (Å²) >= 11 is 11.6. The molecule has 2 unspecified atom stereocenters. The van der Waals surface area contributed by atoms with E-state index in [9.17, 15) is 0 Å². The minimum atomic E-state index is 0.135. The summed E-state index contributed by atoms with van der Waals surface area (Å²) < 4.78 is 0. The largest absolute Gasteiger partial charge is 0.356 e. The molecule has 0 saturated carbocycles. The van der Waals surface area contributed by atoms with Crippen molar-refractivity contribution < 1.29 is 0 Å². The van der Waals surface area contributed by atoms with Crippen LogP contribution >= 0.6 is 23.8 Å². The van der Waals surface area contributed by atoms with Crippen molar-refractivity contribution in [3.63, 3.8) is 0 Å². The van der Waals surface area contributed by atoms with Crippen LogP contribution in [0.4, 0.5) is 5.69 Å². The van der Waals surface area contributed by atoms with Gasteiger partial charge in [-0.25, -0.2) is 0 Å². The van der Waals surface area contributed by atoms with Crippen LogP contribution in [0.25, 0.3) is 0 Å². The van der Waals surface area contributed by atoms with E-state index in [1.54, 1.807) is 0 Å². The van der Waals surface area contributed by atoms with E-state index >= 15 is 0 Å². The van der Waals surface area contributed by atoms with E-state index in [2.05, 4.69) is 55.7 Å². The number of halogens is 1. The highest BCUT2D eigenvalue weighted by atomic mass is 35.5. The minimum absolute atomic E-state index is 0.135. The molecular weight excluding hydrogens is 336 g/mol. The zero-order valence-electron chi connectivity index (χ0n) is 14.7. The second-order valence-corrected chi connectivity index (χ2v) is 7.02. The van der Waals surface area contributed by atoms with E-state index in [0.717, 1.165) is 22.7 Å². The molecule has 0 aliphatic heterocycles. The van der Waals surface area contributed by atoms with E-state index in [1.165, 1.54) is 11.1 Å². The first-order valence-corrected chi connectivity index (χ1v) is 9.13. The molecule has 2 N–H and O–H groups in total. The van der Waals surface area contributed by atoms with E-state index in [1.807, 2.05) is 25.1 Å². The molecule has 0 radical (unpaired) electrons. The fraction of sp³-hybridized carbons (Fsp3) is 0.350. The molecule has 4 heteroatoms. The molecule has 2 aromatic carbocycles. The fourth-order valence-corrected chi connectivity index (χ4v) is 2.99. The van der Waals surface area contributed by atoms with Gasteiger partial charge in [0, 0.05) is 10.7 Å². The topological polar surface area (TPSA) is 24.1 Å². The van der Waals surface area contributed by atoms with Crippen molar-refractivity contribution in [1.29, 1.82) is 0 Å². The Kier molecular flexibility index (Phi) is 6.64. The fourth-order valence-electron chi connectivity index (χ4n) is 2.53. The lowest BCUT2D eigenvalue weighted by molar-refractivity contribution is 0.713. The predicted octanol–water partition coefficient (Wildman–Crippen LogP) is 6.21. The number of nitrogens with one attached hydrogen (secondary N) is 2. The first kappa shape index (κ1) is 18.8. The molecule has 128 valence electrons. The van der Waals surface area contributed by atoms with Crippen LogP contribution in [0, 0.1) is 6.92 Å². The van der Waals surface area contributed by atoms with Gasteiger partial charge in [0.05, 0.1) is 6.04 Å². The third-order valence-electron chi connectivity index (χ3n) is 4.48. The third-order valence-corrected chi connectivity index (χ3v) is 5.11. The molecule has 0 aliphatic carbocycles. The Morgan fingerprint density at radius 3 is 2.33 bits per heavy atom. The summed E-state index contributed by atoms with van der Waals surface area (Å²) in [6.07, 6.45) is 1.15. The summed E-state index contributed by atoms with van der Waals surface area (Å²) in [5.74, 6) is 0.593. The van der Waals surface area contributed by atoms with E-state index < -0.39 is 0 Å². The highest BCUT2D eigenvalue weighted by Gasteiger charge is 2.10. The van der Waals surface area contributed by atoms with Crippen molar-refractivity contribution >= 4 is 34.6 Å². The van der Waals surface area contributed by atoms with Crippen molar-refractivity contribution in [3.8, 4) is 0 Å². The van der Waals surface area contributed by atoms with E-state index in [0.29, 0.717) is 11.0 Å². The molecule has 0 aromatic heterocycles. The van der Waals surface area contributed by atoms with Gasteiger partial charge in [0.2, 0.25) is 0 Å². The van der Waals surface area contributed by atoms with E-state index in [4.69, 9.17) is 23.8 Å². The first-order valence-electron chi connectivity index (χ1n) is 8.34. The van der Waals surface area contributed by atoms with Gasteiger partial charge in [-0.3, -0.25) is 0 Å². The highest BCUT2D eigenvalue weighted by molar-refractivity contribution is 7.80. The van der Waals surface area contributed by atoms with Crippen LogP contribution < -0.4 is 10.6 Å². The predicted molar refractivity (Wildman–Crippen MR) is 109 cm³/mol. The Labute approximate surface area is 155 Å². The molecule has 24 heavy (non-hydrogen) atoms. The monoisotopic (exact) mass is 360 g/mol. The van der Waals surface area contributed by atoms with Gasteiger partial charge in [0.15, 0.2) is 5.11 Å². The average Bonchev–Trinajstić information content (AvgIpc) is 2.58. The van der Waals surface area contributed by atoms with Crippen molar-refractivity contribution in [2.75, 3.05) is 5.32 Å². The molecule has 0 bridgehead atoms. The molecule has 0 saturated heterocycles. The number of rotatable bonds is 5. The number of anilines is 1. The van der Waals surface area contributed by atoms with Gasteiger partial charge in [0.25, 0.3) is 0 Å². The zero-order valence-corrected chi connectivity index (χ0v) is 16.3.